The first kappa shape index (κ1) is 36.1. The third kappa shape index (κ3) is 7.35. The van der Waals surface area contributed by atoms with Crippen molar-refractivity contribution in [1.29, 1.82) is 0 Å². The van der Waals surface area contributed by atoms with Gasteiger partial charge in [0.15, 0.2) is 0 Å². The molecule has 5 aromatic rings. The molecule has 7 rings (SSSR count). The molecule has 2 unspecified atom stereocenters. The summed E-state index contributed by atoms with van der Waals surface area (Å²) in [4.78, 5) is 22.8. The van der Waals surface area contributed by atoms with Gasteiger partial charge in [-0.15, -0.1) is 23.2 Å². The Balaban J connectivity index is 1.23. The number of carbonyl (C=O) groups excluding carboxylic acids is 2. The fourth-order valence-corrected chi connectivity index (χ4v) is 7.62. The lowest BCUT2D eigenvalue weighted by Crippen LogP contribution is -2.30. The molecule has 0 saturated heterocycles. The number of esters is 2. The summed E-state index contributed by atoms with van der Waals surface area (Å²) in [6, 6.07) is 34.3. The first-order valence-electron chi connectivity index (χ1n) is 17.5. The van der Waals surface area contributed by atoms with Crippen molar-refractivity contribution in [3.05, 3.63) is 162 Å². The Hall–Kier alpha value is -5.30. The Morgan fingerprint density at radius 1 is 0.679 bits per heavy atom. The van der Waals surface area contributed by atoms with Crippen molar-refractivity contribution in [2.75, 3.05) is 26.4 Å². The van der Waals surface area contributed by atoms with Crippen LogP contribution in [0.25, 0.3) is 27.1 Å². The minimum atomic E-state index is -0.515. The van der Waals surface area contributed by atoms with E-state index in [1.165, 1.54) is 33.4 Å². The van der Waals surface area contributed by atoms with Gasteiger partial charge in [0.2, 0.25) is 0 Å². The van der Waals surface area contributed by atoms with Crippen LogP contribution in [0.2, 0.25) is 0 Å². The van der Waals surface area contributed by atoms with Gasteiger partial charge in [-0.25, -0.2) is 9.59 Å². The predicted molar refractivity (Wildman–Crippen MR) is 212 cm³/mol. The van der Waals surface area contributed by atoms with E-state index in [4.69, 9.17) is 42.1 Å². The minimum absolute atomic E-state index is 0.0364. The number of fused-ring (bicyclic) bond motifs is 4. The van der Waals surface area contributed by atoms with E-state index in [2.05, 4.69) is 98.1 Å². The maximum Gasteiger partial charge on any atom is 0.330 e. The standard InChI is InChI=1S/C45H38Cl2O6/c1-3-43(48)52-27-35(46)25-50-37-19-15-29-21-33(17-13-31(29)23-37)45(41-11-7-5-9-39(41)40-10-6-8-12-42(40)45)34-18-14-32-24-38(20-16-30(32)22-34)51-26-36(47)28-53-44(49)4-2/h3-7,9-11,13-24,35-36H,1-2,8,12,25-28H2. The second-order valence-electron chi connectivity index (χ2n) is 13.1. The van der Waals surface area contributed by atoms with E-state index in [1.54, 1.807) is 0 Å². The quantitative estimate of drug-likeness (QED) is 0.0641. The summed E-state index contributed by atoms with van der Waals surface area (Å²) < 4.78 is 22.0. The molecule has 268 valence electrons. The third-order valence-corrected chi connectivity index (χ3v) is 10.2. The second kappa shape index (κ2) is 15.7. The maximum atomic E-state index is 11.4. The first-order chi connectivity index (χ1) is 25.8. The number of ether oxygens (including phenoxy) is 4. The smallest absolute Gasteiger partial charge is 0.330 e. The van der Waals surface area contributed by atoms with Gasteiger partial charge in [-0.05, 0) is 104 Å². The highest BCUT2D eigenvalue weighted by atomic mass is 35.5. The Kier molecular flexibility index (Phi) is 10.7. The number of alkyl halides is 2. The highest BCUT2D eigenvalue weighted by molar-refractivity contribution is 6.21. The molecule has 0 aliphatic heterocycles. The lowest BCUT2D eigenvalue weighted by Gasteiger charge is -2.37. The highest BCUT2D eigenvalue weighted by Gasteiger charge is 2.47. The van der Waals surface area contributed by atoms with Crippen LogP contribution in [-0.4, -0.2) is 49.1 Å². The van der Waals surface area contributed by atoms with Crippen LogP contribution in [0.5, 0.6) is 11.5 Å². The molecule has 2 aliphatic rings. The molecule has 53 heavy (non-hydrogen) atoms. The number of rotatable bonds is 14. The lowest BCUT2D eigenvalue weighted by molar-refractivity contribution is -0.138. The van der Waals surface area contributed by atoms with Gasteiger partial charge in [-0.1, -0.05) is 86.0 Å². The van der Waals surface area contributed by atoms with E-state index in [0.717, 1.165) is 46.5 Å². The van der Waals surface area contributed by atoms with Crippen molar-refractivity contribution in [2.45, 2.75) is 29.0 Å². The molecule has 0 heterocycles. The van der Waals surface area contributed by atoms with Gasteiger partial charge in [-0.3, -0.25) is 0 Å². The van der Waals surface area contributed by atoms with Crippen LogP contribution < -0.4 is 9.47 Å². The molecule has 8 heteroatoms. The van der Waals surface area contributed by atoms with Crippen molar-refractivity contribution in [2.24, 2.45) is 0 Å². The molecule has 0 amide bonds. The fourth-order valence-electron chi connectivity index (χ4n) is 7.37. The summed E-state index contributed by atoms with van der Waals surface area (Å²) in [7, 11) is 0. The molecule has 0 aromatic heterocycles. The molecule has 2 aliphatic carbocycles. The van der Waals surface area contributed by atoms with Gasteiger partial charge in [0.25, 0.3) is 0 Å². The van der Waals surface area contributed by atoms with Crippen LogP contribution in [0.1, 0.15) is 35.1 Å². The number of carbonyl (C=O) groups is 2. The monoisotopic (exact) mass is 744 g/mol. The van der Waals surface area contributed by atoms with Gasteiger partial charge in [0.1, 0.15) is 48.7 Å². The molecule has 0 bridgehead atoms. The van der Waals surface area contributed by atoms with Gasteiger partial charge >= 0.3 is 11.9 Å². The van der Waals surface area contributed by atoms with Crippen LogP contribution in [0, 0.1) is 0 Å². The molecule has 2 atom stereocenters. The number of allylic oxidation sites excluding steroid dienone is 4. The van der Waals surface area contributed by atoms with Crippen LogP contribution in [0.15, 0.2) is 140 Å². The summed E-state index contributed by atoms with van der Waals surface area (Å²) in [5.74, 6) is 0.340. The predicted octanol–water partition coefficient (Wildman–Crippen LogP) is 9.88. The molecule has 6 nitrogen and oxygen atoms in total. The van der Waals surface area contributed by atoms with E-state index in [-0.39, 0.29) is 26.4 Å². The number of benzene rings is 5. The zero-order valence-electron chi connectivity index (χ0n) is 29.1. The second-order valence-corrected chi connectivity index (χ2v) is 14.3. The Labute approximate surface area is 318 Å². The largest absolute Gasteiger partial charge is 0.492 e. The van der Waals surface area contributed by atoms with Crippen LogP contribution in [-0.2, 0) is 24.5 Å². The number of hydrogen-bond acceptors (Lipinski definition) is 6. The molecule has 5 aromatic carbocycles. The van der Waals surface area contributed by atoms with Gasteiger partial charge in [0, 0.05) is 12.2 Å². The highest BCUT2D eigenvalue weighted by Crippen LogP contribution is 2.57. The van der Waals surface area contributed by atoms with Gasteiger partial charge in [0.05, 0.1) is 5.41 Å². The zero-order valence-corrected chi connectivity index (χ0v) is 30.6. The zero-order chi connectivity index (χ0) is 37.0. The SMILES string of the molecule is C=CC(=O)OCC(Cl)COc1ccc2cc(C3(c4ccc5cc(OCC(Cl)COC(=O)C=C)ccc5c4)C4=C(C=CCC4)c4ccccc43)ccc2c1. The average molecular weight is 746 g/mol. The Morgan fingerprint density at radius 2 is 1.19 bits per heavy atom. The van der Waals surface area contributed by atoms with E-state index in [9.17, 15) is 9.59 Å². The van der Waals surface area contributed by atoms with Gasteiger partial charge < -0.3 is 18.9 Å². The third-order valence-electron chi connectivity index (χ3n) is 9.74. The minimum Gasteiger partial charge on any atom is -0.492 e. The van der Waals surface area contributed by atoms with E-state index in [1.807, 2.05) is 24.3 Å². The lowest BCUT2D eigenvalue weighted by atomic mass is 9.65. The molecule has 0 fully saturated rings. The summed E-state index contributed by atoms with van der Waals surface area (Å²) in [6.07, 6.45) is 8.71. The van der Waals surface area contributed by atoms with Crippen molar-refractivity contribution < 1.29 is 28.5 Å². The maximum absolute atomic E-state index is 11.4. The van der Waals surface area contributed by atoms with Crippen molar-refractivity contribution in [1.82, 2.24) is 0 Å². The topological polar surface area (TPSA) is 71.1 Å². The normalized spacial score (nSPS) is 17.1. The van der Waals surface area contributed by atoms with E-state index < -0.39 is 28.1 Å². The van der Waals surface area contributed by atoms with Crippen molar-refractivity contribution >= 4 is 62.3 Å². The van der Waals surface area contributed by atoms with E-state index in [0.29, 0.717) is 11.5 Å². The van der Waals surface area contributed by atoms with Crippen LogP contribution >= 0.6 is 23.2 Å². The molecular weight excluding hydrogens is 707 g/mol. The molecule has 0 saturated carbocycles. The summed E-state index contributed by atoms with van der Waals surface area (Å²) in [6.45, 7) is 7.27. The summed E-state index contributed by atoms with van der Waals surface area (Å²) in [5.41, 5.74) is 7.11. The number of hydrogen-bond donors (Lipinski definition) is 0. The summed E-state index contributed by atoms with van der Waals surface area (Å²) in [5, 5.41) is 3.28. The van der Waals surface area contributed by atoms with Gasteiger partial charge in [-0.2, -0.15) is 0 Å². The van der Waals surface area contributed by atoms with Crippen molar-refractivity contribution in [3.63, 3.8) is 0 Å². The average Bonchev–Trinajstić information content (AvgIpc) is 3.50. The molecular formula is C45H38Cl2O6. The van der Waals surface area contributed by atoms with E-state index >= 15 is 0 Å². The fraction of sp³-hybridized carbons (Fsp3) is 0.200. The van der Waals surface area contributed by atoms with Crippen LogP contribution in [0.3, 0.4) is 0 Å². The summed E-state index contributed by atoms with van der Waals surface area (Å²) >= 11 is 12.7. The van der Waals surface area contributed by atoms with Crippen molar-refractivity contribution in [3.8, 4) is 11.5 Å². The molecule has 0 N–H and O–H groups in total. The number of halogens is 2. The van der Waals surface area contributed by atoms with Crippen LogP contribution in [0.4, 0.5) is 0 Å². The molecule has 0 radical (unpaired) electrons. The Bertz CT molecular complexity index is 2170. The Morgan fingerprint density at radius 3 is 1.74 bits per heavy atom. The first-order valence-corrected chi connectivity index (χ1v) is 18.4. The molecule has 0 spiro atoms.